The lowest BCUT2D eigenvalue weighted by atomic mass is 10.1. The van der Waals surface area contributed by atoms with E-state index >= 15 is 0 Å². The van der Waals surface area contributed by atoms with E-state index in [2.05, 4.69) is 16.9 Å². The Bertz CT molecular complexity index is 667. The van der Waals surface area contributed by atoms with E-state index in [1.165, 1.54) is 12.1 Å². The molecule has 0 aliphatic heterocycles. The molecule has 96 valence electrons. The van der Waals surface area contributed by atoms with Gasteiger partial charge in [0.05, 0.1) is 5.56 Å². The number of nitro groups is 1. The summed E-state index contributed by atoms with van der Waals surface area (Å²) in [6.45, 7) is 3.79. The van der Waals surface area contributed by atoms with Crippen LogP contribution in [0.5, 0.6) is 0 Å². The number of nitrogens with one attached hydrogen (secondary N) is 1. The van der Waals surface area contributed by atoms with E-state index < -0.39 is 4.92 Å². The van der Waals surface area contributed by atoms with Gasteiger partial charge in [0.1, 0.15) is 0 Å². The summed E-state index contributed by atoms with van der Waals surface area (Å²) in [6, 6.07) is 7.98. The third-order valence-corrected chi connectivity index (χ3v) is 2.54. The number of hydrogen-bond acceptors (Lipinski definition) is 4. The van der Waals surface area contributed by atoms with Crippen LogP contribution in [0.1, 0.15) is 10.4 Å². The number of hydrogen-bond donors (Lipinski definition) is 1. The Kier molecular flexibility index (Phi) is 3.51. The molecular formula is C13H11N3O3. The van der Waals surface area contributed by atoms with Gasteiger partial charge in [0, 0.05) is 18.0 Å². The average Bonchev–Trinajstić information content (AvgIpc) is 2.43. The van der Waals surface area contributed by atoms with E-state index in [0.717, 1.165) is 0 Å². The Morgan fingerprint density at radius 1 is 1.47 bits per heavy atom. The van der Waals surface area contributed by atoms with Gasteiger partial charge >= 0.3 is 5.82 Å². The predicted octanol–water partition coefficient (Wildman–Crippen LogP) is 2.06. The molecule has 0 saturated heterocycles. The zero-order chi connectivity index (χ0) is 13.8. The van der Waals surface area contributed by atoms with Crippen molar-refractivity contribution < 1.29 is 9.72 Å². The van der Waals surface area contributed by atoms with Crippen LogP contribution >= 0.6 is 0 Å². The fourth-order valence-electron chi connectivity index (χ4n) is 1.70. The second-order valence-corrected chi connectivity index (χ2v) is 3.80. The summed E-state index contributed by atoms with van der Waals surface area (Å²) in [5, 5.41) is 14.0. The van der Waals surface area contributed by atoms with E-state index in [1.54, 1.807) is 24.3 Å². The largest absolute Gasteiger partial charge is 0.364 e. The minimum absolute atomic E-state index is 0.235. The predicted molar refractivity (Wildman–Crippen MR) is 70.9 cm³/mol. The molecule has 1 aromatic carbocycles. The van der Waals surface area contributed by atoms with Crippen molar-refractivity contribution in [3.8, 4) is 0 Å². The molecule has 0 unspecified atom stereocenters. The first-order chi connectivity index (χ1) is 9.13. The molecule has 1 amide bonds. The van der Waals surface area contributed by atoms with E-state index in [9.17, 15) is 14.9 Å². The molecule has 1 heterocycles. The number of nitrogens with zero attached hydrogens (tertiary/aromatic N) is 2. The molecule has 0 atom stereocenters. The normalized spacial score (nSPS) is 10.1. The van der Waals surface area contributed by atoms with Crippen molar-refractivity contribution in [1.29, 1.82) is 0 Å². The van der Waals surface area contributed by atoms with E-state index in [-0.39, 0.29) is 17.3 Å². The zero-order valence-electron chi connectivity index (χ0n) is 10.00. The van der Waals surface area contributed by atoms with Gasteiger partial charge < -0.3 is 15.4 Å². The number of benzene rings is 1. The summed E-state index contributed by atoms with van der Waals surface area (Å²) in [6.07, 6.45) is 1.54. The molecular weight excluding hydrogens is 246 g/mol. The summed E-state index contributed by atoms with van der Waals surface area (Å²) in [5.74, 6) is -0.732. The number of para-hydroxylation sites is 1. The number of fused-ring (bicyclic) bond motifs is 1. The Balaban J connectivity index is 2.59. The Morgan fingerprint density at radius 2 is 2.21 bits per heavy atom. The van der Waals surface area contributed by atoms with Crippen LogP contribution in [0, 0.1) is 10.1 Å². The quantitative estimate of drug-likeness (QED) is 0.516. The van der Waals surface area contributed by atoms with Gasteiger partial charge in [-0.2, -0.15) is 0 Å². The maximum Gasteiger partial charge on any atom is 0.364 e. The van der Waals surface area contributed by atoms with Gasteiger partial charge in [-0.3, -0.25) is 4.79 Å². The molecule has 6 heteroatoms. The topological polar surface area (TPSA) is 85.1 Å². The van der Waals surface area contributed by atoms with E-state index in [0.29, 0.717) is 17.4 Å². The van der Waals surface area contributed by atoms with Crippen LogP contribution in [0.3, 0.4) is 0 Å². The molecule has 0 aliphatic carbocycles. The number of carbonyl (C=O) groups is 1. The van der Waals surface area contributed by atoms with Gasteiger partial charge in [-0.05, 0) is 22.0 Å². The number of carbonyl (C=O) groups excluding carboxylic acids is 1. The summed E-state index contributed by atoms with van der Waals surface area (Å²) < 4.78 is 0. The molecule has 1 N–H and O–H groups in total. The molecule has 0 bridgehead atoms. The van der Waals surface area contributed by atoms with Crippen molar-refractivity contribution in [2.45, 2.75) is 0 Å². The van der Waals surface area contributed by atoms with Crippen LogP contribution in [-0.4, -0.2) is 22.4 Å². The van der Waals surface area contributed by atoms with Crippen LogP contribution in [0.4, 0.5) is 5.82 Å². The van der Waals surface area contributed by atoms with Crippen LogP contribution in [-0.2, 0) is 0 Å². The van der Waals surface area contributed by atoms with Gasteiger partial charge in [-0.15, -0.1) is 6.58 Å². The lowest BCUT2D eigenvalue weighted by Gasteiger charge is -2.05. The molecule has 19 heavy (non-hydrogen) atoms. The Morgan fingerprint density at radius 3 is 2.89 bits per heavy atom. The van der Waals surface area contributed by atoms with Gasteiger partial charge in [-0.1, -0.05) is 18.2 Å². The summed E-state index contributed by atoms with van der Waals surface area (Å²) in [4.78, 5) is 26.1. The number of amides is 1. The zero-order valence-corrected chi connectivity index (χ0v) is 10.00. The van der Waals surface area contributed by atoms with Crippen molar-refractivity contribution in [3.63, 3.8) is 0 Å². The van der Waals surface area contributed by atoms with Gasteiger partial charge in [0.25, 0.3) is 5.91 Å². The SMILES string of the molecule is C=CCNC(=O)c1cc([N+](=O)[O-])nc2ccccc12. The summed E-state index contributed by atoms with van der Waals surface area (Å²) >= 11 is 0. The highest BCUT2D eigenvalue weighted by Gasteiger charge is 2.18. The smallest absolute Gasteiger partial charge is 0.358 e. The van der Waals surface area contributed by atoms with E-state index in [4.69, 9.17) is 0 Å². The van der Waals surface area contributed by atoms with Crippen molar-refractivity contribution in [2.24, 2.45) is 0 Å². The fraction of sp³-hybridized carbons (Fsp3) is 0.0769. The summed E-state index contributed by atoms with van der Waals surface area (Å²) in [5.41, 5.74) is 0.652. The van der Waals surface area contributed by atoms with Gasteiger partial charge in [0.15, 0.2) is 5.52 Å². The third-order valence-electron chi connectivity index (χ3n) is 2.54. The highest BCUT2D eigenvalue weighted by atomic mass is 16.6. The van der Waals surface area contributed by atoms with Crippen molar-refractivity contribution in [3.05, 3.63) is 58.7 Å². The first kappa shape index (κ1) is 12.7. The molecule has 0 saturated carbocycles. The molecule has 1 aromatic heterocycles. The number of aromatic nitrogens is 1. The third kappa shape index (κ3) is 2.57. The first-order valence-corrected chi connectivity index (χ1v) is 5.56. The maximum absolute atomic E-state index is 12.0. The minimum Gasteiger partial charge on any atom is -0.358 e. The second-order valence-electron chi connectivity index (χ2n) is 3.80. The molecule has 6 nitrogen and oxygen atoms in total. The van der Waals surface area contributed by atoms with Crippen LogP contribution in [0.25, 0.3) is 10.9 Å². The van der Waals surface area contributed by atoms with Crippen molar-refractivity contribution in [2.75, 3.05) is 6.54 Å². The monoisotopic (exact) mass is 257 g/mol. The van der Waals surface area contributed by atoms with Crippen LogP contribution in [0.15, 0.2) is 43.0 Å². The van der Waals surface area contributed by atoms with E-state index in [1.807, 2.05) is 0 Å². The van der Waals surface area contributed by atoms with Gasteiger partial charge in [0.2, 0.25) is 0 Å². The van der Waals surface area contributed by atoms with Gasteiger partial charge in [-0.25, -0.2) is 0 Å². The lowest BCUT2D eigenvalue weighted by Crippen LogP contribution is -2.23. The molecule has 2 aromatic rings. The average molecular weight is 257 g/mol. The molecule has 0 fully saturated rings. The molecule has 0 spiro atoms. The highest BCUT2D eigenvalue weighted by Crippen LogP contribution is 2.21. The second kappa shape index (κ2) is 5.26. The first-order valence-electron chi connectivity index (χ1n) is 5.56. The summed E-state index contributed by atoms with van der Waals surface area (Å²) in [7, 11) is 0. The number of rotatable bonds is 4. The minimum atomic E-state index is -0.614. The Labute approximate surface area is 108 Å². The molecule has 0 radical (unpaired) electrons. The van der Waals surface area contributed by atoms with Crippen molar-refractivity contribution in [1.82, 2.24) is 10.3 Å². The Hall–Kier alpha value is -2.76. The van der Waals surface area contributed by atoms with Crippen LogP contribution in [0.2, 0.25) is 0 Å². The standard InChI is InChI=1S/C13H11N3O3/c1-2-7-14-13(17)10-8-12(16(18)19)15-11-6-4-3-5-9(10)11/h2-6,8H,1,7H2,(H,14,17). The van der Waals surface area contributed by atoms with Crippen molar-refractivity contribution >= 4 is 22.6 Å². The lowest BCUT2D eigenvalue weighted by molar-refractivity contribution is -0.389. The molecule has 0 aliphatic rings. The molecule has 2 rings (SSSR count). The fourth-order valence-corrected chi connectivity index (χ4v) is 1.70. The van der Waals surface area contributed by atoms with Crippen LogP contribution < -0.4 is 5.32 Å². The maximum atomic E-state index is 12.0. The highest BCUT2D eigenvalue weighted by molar-refractivity contribution is 6.06. The number of pyridine rings is 1.